The van der Waals surface area contributed by atoms with Crippen LogP contribution in [0.1, 0.15) is 48.7 Å². The van der Waals surface area contributed by atoms with Gasteiger partial charge in [-0.15, -0.1) is 0 Å². The predicted molar refractivity (Wildman–Crippen MR) is 81.0 cm³/mol. The van der Waals surface area contributed by atoms with Crippen LogP contribution in [0.4, 0.5) is 0 Å². The first kappa shape index (κ1) is 15.1. The van der Waals surface area contributed by atoms with E-state index >= 15 is 0 Å². The van der Waals surface area contributed by atoms with Gasteiger partial charge < -0.3 is 15.3 Å². The number of aliphatic hydroxyl groups is 1. The van der Waals surface area contributed by atoms with E-state index in [1.54, 1.807) is 12.1 Å². The molecule has 0 radical (unpaired) electrons. The van der Waals surface area contributed by atoms with Crippen LogP contribution < -0.4 is 5.73 Å². The molecule has 0 bridgehead atoms. The van der Waals surface area contributed by atoms with Gasteiger partial charge in [0.05, 0.1) is 0 Å². The molecule has 3 N–H and O–H groups in total. The van der Waals surface area contributed by atoms with E-state index in [1.165, 1.54) is 5.56 Å². The van der Waals surface area contributed by atoms with Gasteiger partial charge in [-0.1, -0.05) is 38.1 Å². The maximum absolute atomic E-state index is 10.4. The molecule has 1 aromatic carbocycles. The Morgan fingerprint density at radius 1 is 1.10 bits per heavy atom. The van der Waals surface area contributed by atoms with Crippen molar-refractivity contribution >= 4 is 11.6 Å². The van der Waals surface area contributed by atoms with E-state index in [9.17, 15) is 5.11 Å². The highest BCUT2D eigenvalue weighted by atomic mass is 35.5. The quantitative estimate of drug-likeness (QED) is 0.881. The molecule has 2 aromatic rings. The summed E-state index contributed by atoms with van der Waals surface area (Å²) in [4.78, 5) is 0. The van der Waals surface area contributed by atoms with Gasteiger partial charge >= 0.3 is 0 Å². The van der Waals surface area contributed by atoms with E-state index in [-0.39, 0.29) is 11.1 Å². The first-order valence-corrected chi connectivity index (χ1v) is 7.14. The third kappa shape index (κ3) is 3.23. The van der Waals surface area contributed by atoms with Gasteiger partial charge in [-0.25, -0.2) is 0 Å². The maximum Gasteiger partial charge on any atom is 0.193 e. The molecule has 1 heterocycles. The summed E-state index contributed by atoms with van der Waals surface area (Å²) in [5, 5.41) is 10.7. The molecular formula is C16H20ClNO2. The molecule has 108 valence electrons. The van der Waals surface area contributed by atoms with Gasteiger partial charge in [-0.2, -0.15) is 0 Å². The second-order valence-corrected chi connectivity index (χ2v) is 5.62. The Hall–Kier alpha value is -1.29. The summed E-state index contributed by atoms with van der Waals surface area (Å²) < 4.78 is 5.27. The third-order valence-corrected chi connectivity index (χ3v) is 3.75. The predicted octanol–water partition coefficient (Wildman–Crippen LogP) is 3.83. The van der Waals surface area contributed by atoms with E-state index in [0.29, 0.717) is 18.2 Å². The van der Waals surface area contributed by atoms with Crippen LogP contribution in [0.5, 0.6) is 0 Å². The van der Waals surface area contributed by atoms with Crippen LogP contribution in [0.2, 0.25) is 5.22 Å². The molecule has 2 unspecified atom stereocenters. The fourth-order valence-electron chi connectivity index (χ4n) is 2.26. The number of nitrogens with two attached hydrogens (primary N) is 1. The molecule has 2 rings (SSSR count). The lowest BCUT2D eigenvalue weighted by atomic mass is 9.90. The number of aliphatic hydroxyl groups excluding tert-OH is 1. The average molecular weight is 294 g/mol. The first-order valence-electron chi connectivity index (χ1n) is 6.76. The molecule has 0 saturated carbocycles. The summed E-state index contributed by atoms with van der Waals surface area (Å²) in [7, 11) is 0. The highest BCUT2D eigenvalue weighted by Crippen LogP contribution is 2.32. The number of furan rings is 1. The second-order valence-electron chi connectivity index (χ2n) is 5.25. The minimum Gasteiger partial charge on any atom is -0.447 e. The summed E-state index contributed by atoms with van der Waals surface area (Å²) in [6.45, 7) is 4.63. The van der Waals surface area contributed by atoms with Crippen LogP contribution in [0.3, 0.4) is 0 Å². The first-order chi connectivity index (χ1) is 9.52. The molecule has 2 atom stereocenters. The van der Waals surface area contributed by atoms with Crippen LogP contribution in [0.15, 0.2) is 40.8 Å². The smallest absolute Gasteiger partial charge is 0.193 e. The van der Waals surface area contributed by atoms with Crippen LogP contribution >= 0.6 is 11.6 Å². The zero-order valence-electron chi connectivity index (χ0n) is 11.7. The Balaban J connectivity index is 2.23. The van der Waals surface area contributed by atoms with Crippen molar-refractivity contribution in [3.63, 3.8) is 0 Å². The Bertz CT molecular complexity index is 548. The van der Waals surface area contributed by atoms with E-state index in [0.717, 1.165) is 5.56 Å². The van der Waals surface area contributed by atoms with E-state index in [1.807, 2.05) is 12.1 Å². The zero-order chi connectivity index (χ0) is 14.7. The standard InChI is InChI=1S/C16H20ClNO2/c1-10(2)11-3-5-12(6-4-11)13(9-18)16(19)14-7-8-15(17)20-14/h3-8,10,13,16,19H,9,18H2,1-2H3. The van der Waals surface area contributed by atoms with Gasteiger partial charge in [0.25, 0.3) is 0 Å². The van der Waals surface area contributed by atoms with Gasteiger partial charge in [-0.3, -0.25) is 0 Å². The molecule has 0 aliphatic heterocycles. The summed E-state index contributed by atoms with van der Waals surface area (Å²) in [5.74, 6) is 0.714. The second kappa shape index (κ2) is 6.44. The maximum atomic E-state index is 10.4. The van der Waals surface area contributed by atoms with Crippen LogP contribution in [0.25, 0.3) is 0 Å². The normalized spacial score (nSPS) is 14.5. The van der Waals surface area contributed by atoms with Crippen LogP contribution in [-0.4, -0.2) is 11.7 Å². The third-order valence-electron chi connectivity index (χ3n) is 3.55. The van der Waals surface area contributed by atoms with E-state index < -0.39 is 6.10 Å². The molecule has 0 spiro atoms. The topological polar surface area (TPSA) is 59.4 Å². The van der Waals surface area contributed by atoms with Gasteiger partial charge in [0.15, 0.2) is 5.22 Å². The monoisotopic (exact) mass is 293 g/mol. The Kier molecular flexibility index (Phi) is 4.86. The molecule has 0 saturated heterocycles. The van der Waals surface area contributed by atoms with Crippen molar-refractivity contribution < 1.29 is 9.52 Å². The van der Waals surface area contributed by atoms with Crippen molar-refractivity contribution in [2.24, 2.45) is 5.73 Å². The fraction of sp³-hybridized carbons (Fsp3) is 0.375. The average Bonchev–Trinajstić information content (AvgIpc) is 2.86. The lowest BCUT2D eigenvalue weighted by molar-refractivity contribution is 0.122. The minimum atomic E-state index is -0.794. The molecule has 0 amide bonds. The van der Waals surface area contributed by atoms with Crippen molar-refractivity contribution in [2.75, 3.05) is 6.54 Å². The van der Waals surface area contributed by atoms with Crippen molar-refractivity contribution in [1.29, 1.82) is 0 Å². The molecule has 3 nitrogen and oxygen atoms in total. The zero-order valence-corrected chi connectivity index (χ0v) is 12.5. The van der Waals surface area contributed by atoms with Crippen LogP contribution in [0, 0.1) is 0 Å². The molecule has 1 aromatic heterocycles. The van der Waals surface area contributed by atoms with Gasteiger partial charge in [0.1, 0.15) is 11.9 Å². The molecule has 0 fully saturated rings. The van der Waals surface area contributed by atoms with Gasteiger partial charge in [-0.05, 0) is 40.8 Å². The Morgan fingerprint density at radius 2 is 1.70 bits per heavy atom. The van der Waals surface area contributed by atoms with Crippen molar-refractivity contribution in [1.82, 2.24) is 0 Å². The molecule has 0 aliphatic carbocycles. The summed E-state index contributed by atoms with van der Waals surface area (Å²) >= 11 is 5.74. The fourth-order valence-corrected chi connectivity index (χ4v) is 2.41. The van der Waals surface area contributed by atoms with Gasteiger partial charge in [0, 0.05) is 12.5 Å². The number of benzene rings is 1. The Labute approximate surface area is 124 Å². The van der Waals surface area contributed by atoms with Crippen molar-refractivity contribution in [2.45, 2.75) is 31.8 Å². The lowest BCUT2D eigenvalue weighted by Gasteiger charge is -2.20. The van der Waals surface area contributed by atoms with E-state index in [4.69, 9.17) is 21.8 Å². The summed E-state index contributed by atoms with van der Waals surface area (Å²) in [6, 6.07) is 11.5. The lowest BCUT2D eigenvalue weighted by Crippen LogP contribution is -2.19. The molecule has 0 aliphatic rings. The van der Waals surface area contributed by atoms with Gasteiger partial charge in [0.2, 0.25) is 0 Å². The highest BCUT2D eigenvalue weighted by molar-refractivity contribution is 6.28. The SMILES string of the molecule is CC(C)c1ccc(C(CN)C(O)c2ccc(Cl)o2)cc1. The largest absolute Gasteiger partial charge is 0.447 e. The Morgan fingerprint density at radius 3 is 2.15 bits per heavy atom. The van der Waals surface area contributed by atoms with Crippen LogP contribution in [-0.2, 0) is 0 Å². The number of hydrogen-bond donors (Lipinski definition) is 2. The van der Waals surface area contributed by atoms with Crippen molar-refractivity contribution in [3.8, 4) is 0 Å². The summed E-state index contributed by atoms with van der Waals surface area (Å²) in [6.07, 6.45) is -0.794. The molecular weight excluding hydrogens is 274 g/mol. The molecule has 20 heavy (non-hydrogen) atoms. The number of hydrogen-bond acceptors (Lipinski definition) is 3. The molecule has 4 heteroatoms. The van der Waals surface area contributed by atoms with E-state index in [2.05, 4.69) is 26.0 Å². The number of halogens is 1. The summed E-state index contributed by atoms with van der Waals surface area (Å²) in [5.41, 5.74) is 8.07. The minimum absolute atomic E-state index is 0.210. The van der Waals surface area contributed by atoms with Crippen molar-refractivity contribution in [3.05, 3.63) is 58.5 Å². The number of rotatable bonds is 5. The highest BCUT2D eigenvalue weighted by Gasteiger charge is 2.24.